The van der Waals surface area contributed by atoms with Gasteiger partial charge in [0.2, 0.25) is 5.91 Å². The first-order valence-corrected chi connectivity index (χ1v) is 12.3. The summed E-state index contributed by atoms with van der Waals surface area (Å²) in [6.45, 7) is 4.24. The molecule has 1 aliphatic rings. The number of hydrogen-bond acceptors (Lipinski definition) is 4. The zero-order valence-electron chi connectivity index (χ0n) is 18.2. The lowest BCUT2D eigenvalue weighted by Gasteiger charge is -2.34. The highest BCUT2D eigenvalue weighted by atomic mass is 35.5. The summed E-state index contributed by atoms with van der Waals surface area (Å²) in [5.74, 6) is 0.177. The topological polar surface area (TPSA) is 40.9 Å². The van der Waals surface area contributed by atoms with E-state index in [1.807, 2.05) is 63.3 Å². The number of halogens is 1. The Bertz CT molecular complexity index is 1250. The SMILES string of the molecule is O=C(Cc1csc2nc(-c3ccc(Cl)cc3)cn12)N1CCN(C/C=C/c2ccccc2)CC1. The molecule has 0 atom stereocenters. The average molecular weight is 477 g/mol. The zero-order valence-corrected chi connectivity index (χ0v) is 19.8. The van der Waals surface area contributed by atoms with Crippen molar-refractivity contribution in [2.45, 2.75) is 6.42 Å². The van der Waals surface area contributed by atoms with Crippen molar-refractivity contribution < 1.29 is 4.79 Å². The van der Waals surface area contributed by atoms with E-state index in [1.54, 1.807) is 11.3 Å². The van der Waals surface area contributed by atoms with Crippen LogP contribution in [-0.4, -0.2) is 57.8 Å². The predicted octanol–water partition coefficient (Wildman–Crippen LogP) is 5.12. The normalized spacial score (nSPS) is 15.0. The Morgan fingerprint density at radius 2 is 1.79 bits per heavy atom. The van der Waals surface area contributed by atoms with Gasteiger partial charge in [-0.3, -0.25) is 14.1 Å². The lowest BCUT2D eigenvalue weighted by atomic mass is 10.2. The molecule has 4 aromatic rings. The van der Waals surface area contributed by atoms with Gasteiger partial charge in [-0.2, -0.15) is 0 Å². The molecule has 1 saturated heterocycles. The summed E-state index contributed by atoms with van der Waals surface area (Å²) in [5, 5.41) is 2.75. The van der Waals surface area contributed by atoms with Crippen LogP contribution in [0.4, 0.5) is 0 Å². The fourth-order valence-electron chi connectivity index (χ4n) is 4.06. The maximum absolute atomic E-state index is 13.0. The monoisotopic (exact) mass is 476 g/mol. The van der Waals surface area contributed by atoms with E-state index in [9.17, 15) is 4.79 Å². The maximum atomic E-state index is 13.0. The van der Waals surface area contributed by atoms with E-state index in [0.717, 1.165) is 54.6 Å². The Hall–Kier alpha value is -2.93. The van der Waals surface area contributed by atoms with Crippen molar-refractivity contribution in [2.75, 3.05) is 32.7 Å². The minimum Gasteiger partial charge on any atom is -0.340 e. The maximum Gasteiger partial charge on any atom is 0.228 e. The Balaban J connectivity index is 1.17. The Morgan fingerprint density at radius 1 is 1.03 bits per heavy atom. The molecular weight excluding hydrogens is 452 g/mol. The molecule has 7 heteroatoms. The molecule has 1 amide bonds. The molecule has 1 fully saturated rings. The first-order valence-electron chi connectivity index (χ1n) is 11.1. The van der Waals surface area contributed by atoms with Crippen LogP contribution in [0.2, 0.25) is 5.02 Å². The number of amides is 1. The van der Waals surface area contributed by atoms with E-state index in [4.69, 9.17) is 16.6 Å². The highest BCUT2D eigenvalue weighted by Crippen LogP contribution is 2.25. The van der Waals surface area contributed by atoms with E-state index >= 15 is 0 Å². The van der Waals surface area contributed by atoms with Gasteiger partial charge in [0.1, 0.15) is 0 Å². The van der Waals surface area contributed by atoms with E-state index in [0.29, 0.717) is 11.4 Å². The van der Waals surface area contributed by atoms with Crippen LogP contribution in [-0.2, 0) is 11.2 Å². The van der Waals surface area contributed by atoms with E-state index in [2.05, 4.69) is 29.2 Å². The van der Waals surface area contributed by atoms with Crippen molar-refractivity contribution in [3.63, 3.8) is 0 Å². The molecule has 2 aromatic heterocycles. The summed E-state index contributed by atoms with van der Waals surface area (Å²) in [4.78, 5) is 23.0. The molecule has 2 aromatic carbocycles. The van der Waals surface area contributed by atoms with E-state index in [-0.39, 0.29) is 5.91 Å². The smallest absolute Gasteiger partial charge is 0.228 e. The number of carbonyl (C=O) groups is 1. The molecule has 3 heterocycles. The minimum absolute atomic E-state index is 0.177. The molecule has 0 spiro atoms. The number of hydrogen-bond donors (Lipinski definition) is 0. The number of thiazole rings is 1. The van der Waals surface area contributed by atoms with Crippen molar-refractivity contribution in [2.24, 2.45) is 0 Å². The average Bonchev–Trinajstić information content (AvgIpc) is 3.43. The van der Waals surface area contributed by atoms with Crippen molar-refractivity contribution in [3.05, 3.63) is 88.5 Å². The third-order valence-corrected chi connectivity index (χ3v) is 7.09. The summed E-state index contributed by atoms with van der Waals surface area (Å²) in [7, 11) is 0. The second-order valence-electron chi connectivity index (χ2n) is 8.18. The highest BCUT2D eigenvalue weighted by molar-refractivity contribution is 7.15. The number of carbonyl (C=O) groups excluding carboxylic acids is 1. The summed E-state index contributed by atoms with van der Waals surface area (Å²) in [6.07, 6.45) is 6.76. The van der Waals surface area contributed by atoms with Gasteiger partial charge in [-0.25, -0.2) is 4.98 Å². The van der Waals surface area contributed by atoms with Gasteiger partial charge < -0.3 is 4.90 Å². The lowest BCUT2D eigenvalue weighted by molar-refractivity contribution is -0.132. The third-order valence-electron chi connectivity index (χ3n) is 5.95. The second-order valence-corrected chi connectivity index (χ2v) is 9.46. The van der Waals surface area contributed by atoms with Crippen molar-refractivity contribution in [1.82, 2.24) is 19.2 Å². The molecule has 0 bridgehead atoms. The molecule has 5 nitrogen and oxygen atoms in total. The number of fused-ring (bicyclic) bond motifs is 1. The van der Waals surface area contributed by atoms with Crippen molar-refractivity contribution >= 4 is 39.9 Å². The Morgan fingerprint density at radius 3 is 2.55 bits per heavy atom. The lowest BCUT2D eigenvalue weighted by Crippen LogP contribution is -2.49. The van der Waals surface area contributed by atoms with Gasteiger partial charge in [0.25, 0.3) is 0 Å². The summed E-state index contributed by atoms with van der Waals surface area (Å²) < 4.78 is 2.04. The summed E-state index contributed by atoms with van der Waals surface area (Å²) in [6, 6.07) is 18.0. The molecule has 1 aliphatic heterocycles. The van der Waals surface area contributed by atoms with Gasteiger partial charge in [0.15, 0.2) is 4.96 Å². The third kappa shape index (κ3) is 5.19. The molecule has 0 radical (unpaired) electrons. The molecule has 5 rings (SSSR count). The van der Waals surface area contributed by atoms with Crippen LogP contribution in [0, 0.1) is 0 Å². The minimum atomic E-state index is 0.177. The standard InChI is InChI=1S/C26H25ClN4OS/c27-22-10-8-21(9-11-22)24-18-31-23(19-33-26(31)28-24)17-25(32)30-15-13-29(14-16-30)12-4-7-20-5-2-1-3-6-20/h1-11,18-19H,12-17H2/b7-4+. The molecule has 33 heavy (non-hydrogen) atoms. The zero-order chi connectivity index (χ0) is 22.6. The molecule has 0 aliphatic carbocycles. The molecule has 0 unspecified atom stereocenters. The van der Waals surface area contributed by atoms with Gasteiger partial charge in [-0.1, -0.05) is 66.2 Å². The highest BCUT2D eigenvalue weighted by Gasteiger charge is 2.22. The number of benzene rings is 2. The second kappa shape index (κ2) is 9.91. The van der Waals surface area contributed by atoms with Crippen LogP contribution in [0.1, 0.15) is 11.3 Å². The van der Waals surface area contributed by atoms with Crippen LogP contribution in [0.3, 0.4) is 0 Å². The fraction of sp³-hybridized carbons (Fsp3) is 0.231. The van der Waals surface area contributed by atoms with Crippen LogP contribution >= 0.6 is 22.9 Å². The van der Waals surface area contributed by atoms with E-state index < -0.39 is 0 Å². The Kier molecular flexibility index (Phi) is 6.58. The van der Waals surface area contributed by atoms with Crippen LogP contribution in [0.25, 0.3) is 22.3 Å². The predicted molar refractivity (Wildman–Crippen MR) is 136 cm³/mol. The van der Waals surface area contributed by atoms with Crippen LogP contribution in [0.15, 0.2) is 72.3 Å². The fourth-order valence-corrected chi connectivity index (χ4v) is 5.06. The van der Waals surface area contributed by atoms with Crippen LogP contribution < -0.4 is 0 Å². The van der Waals surface area contributed by atoms with Gasteiger partial charge in [-0.05, 0) is 17.7 Å². The number of nitrogens with zero attached hydrogens (tertiary/aromatic N) is 4. The van der Waals surface area contributed by atoms with Crippen LogP contribution in [0.5, 0.6) is 0 Å². The number of aromatic nitrogens is 2. The number of imidazole rings is 1. The van der Waals surface area contributed by atoms with Crippen molar-refractivity contribution in [3.8, 4) is 11.3 Å². The number of rotatable bonds is 6. The molecule has 168 valence electrons. The van der Waals surface area contributed by atoms with Gasteiger partial charge in [0.05, 0.1) is 12.1 Å². The molecule has 0 N–H and O–H groups in total. The Labute approximate surface area is 202 Å². The summed E-state index contributed by atoms with van der Waals surface area (Å²) >= 11 is 7.57. The van der Waals surface area contributed by atoms with Gasteiger partial charge in [-0.15, -0.1) is 11.3 Å². The first-order chi connectivity index (χ1) is 16.2. The first kappa shape index (κ1) is 21.9. The van der Waals surface area contributed by atoms with Gasteiger partial charge >= 0.3 is 0 Å². The van der Waals surface area contributed by atoms with E-state index in [1.165, 1.54) is 5.56 Å². The molecule has 0 saturated carbocycles. The summed E-state index contributed by atoms with van der Waals surface area (Å²) in [5.41, 5.74) is 4.11. The van der Waals surface area contributed by atoms with Gasteiger partial charge in [0, 0.05) is 60.6 Å². The quantitative estimate of drug-likeness (QED) is 0.388. The molecular formula is C26H25ClN4OS. The van der Waals surface area contributed by atoms with Crippen molar-refractivity contribution in [1.29, 1.82) is 0 Å². The number of piperazine rings is 1. The largest absolute Gasteiger partial charge is 0.340 e.